The Kier molecular flexibility index (Phi) is 6.60. The summed E-state index contributed by atoms with van der Waals surface area (Å²) in [5, 5.41) is 22.3. The lowest BCUT2D eigenvalue weighted by molar-refractivity contribution is -0.148. The fourth-order valence-electron chi connectivity index (χ4n) is 3.73. The van der Waals surface area contributed by atoms with Crippen LogP contribution in [0.25, 0.3) is 10.8 Å². The molecule has 0 radical (unpaired) electrons. The number of esters is 1. The first-order valence-electron chi connectivity index (χ1n) is 10.7. The average molecular weight is 442 g/mol. The van der Waals surface area contributed by atoms with E-state index in [0.717, 1.165) is 16.3 Å². The summed E-state index contributed by atoms with van der Waals surface area (Å²) in [6.07, 6.45) is -1.59. The summed E-state index contributed by atoms with van der Waals surface area (Å²) in [5.41, 5.74) is -0.469. The van der Waals surface area contributed by atoms with Crippen molar-refractivity contribution in [3.05, 3.63) is 48.0 Å². The predicted molar refractivity (Wildman–Crippen MR) is 122 cm³/mol. The van der Waals surface area contributed by atoms with Crippen LogP contribution >= 0.6 is 0 Å². The molecule has 0 bridgehead atoms. The summed E-state index contributed by atoms with van der Waals surface area (Å²) in [6.45, 7) is 9.34. The summed E-state index contributed by atoms with van der Waals surface area (Å²) in [5.74, 6) is -2.82. The second-order valence-electron chi connectivity index (χ2n) is 9.96. The maximum Gasteiger partial charge on any atom is 0.333 e. The molecular formula is C25H31NO6. The Labute approximate surface area is 188 Å². The standard InChI is InChI=1S/C25H31NO6/c1-24(2,3)32-21(26-20-23(30)31-14-25(20,4)5)18(19(27)22(28)29)13-15-10-11-16-8-6-7-9-17(16)12-15/h6-12,18-20,27H,13-14H2,1-5H3,(H,28,29)/t18-,19+,20-/m1/s1. The van der Waals surface area contributed by atoms with Crippen molar-refractivity contribution in [3.63, 3.8) is 0 Å². The third-order valence-electron chi connectivity index (χ3n) is 5.44. The number of carboxylic acid groups (broad SMARTS) is 1. The van der Waals surface area contributed by atoms with E-state index in [1.165, 1.54) is 0 Å². The topological polar surface area (TPSA) is 105 Å². The van der Waals surface area contributed by atoms with E-state index in [9.17, 15) is 19.8 Å². The van der Waals surface area contributed by atoms with Gasteiger partial charge in [0.15, 0.2) is 18.0 Å². The largest absolute Gasteiger partial charge is 0.479 e. The Balaban J connectivity index is 2.06. The van der Waals surface area contributed by atoms with E-state index >= 15 is 0 Å². The number of cyclic esters (lactones) is 1. The number of fused-ring (bicyclic) bond motifs is 1. The summed E-state index contributed by atoms with van der Waals surface area (Å²) >= 11 is 0. The predicted octanol–water partition coefficient (Wildman–Crippen LogP) is 3.61. The number of carbonyl (C=O) groups excluding carboxylic acids is 1. The molecule has 7 nitrogen and oxygen atoms in total. The maximum atomic E-state index is 12.4. The van der Waals surface area contributed by atoms with Gasteiger partial charge in [-0.15, -0.1) is 0 Å². The molecule has 1 aliphatic heterocycles. The minimum absolute atomic E-state index is 0.0393. The molecule has 0 amide bonds. The fourth-order valence-corrected chi connectivity index (χ4v) is 3.73. The second kappa shape index (κ2) is 8.90. The second-order valence-corrected chi connectivity index (χ2v) is 9.96. The van der Waals surface area contributed by atoms with Crippen LogP contribution in [0.15, 0.2) is 47.5 Å². The van der Waals surface area contributed by atoms with Gasteiger partial charge in [0.05, 0.1) is 12.5 Å². The van der Waals surface area contributed by atoms with Crippen LogP contribution in [-0.4, -0.2) is 52.4 Å². The number of aliphatic hydroxyl groups is 1. The highest BCUT2D eigenvalue weighted by atomic mass is 16.5. The number of aliphatic carboxylic acids is 1. The van der Waals surface area contributed by atoms with Crippen molar-refractivity contribution in [3.8, 4) is 0 Å². The molecule has 172 valence electrons. The molecular weight excluding hydrogens is 410 g/mol. The highest BCUT2D eigenvalue weighted by molar-refractivity contribution is 5.90. The molecule has 2 aromatic rings. The van der Waals surface area contributed by atoms with Crippen LogP contribution < -0.4 is 0 Å². The van der Waals surface area contributed by atoms with E-state index in [2.05, 4.69) is 4.99 Å². The molecule has 2 aromatic carbocycles. The SMILES string of the molecule is CC(C)(C)OC(=N[C@@H]1C(=O)OCC1(C)C)[C@H](Cc1ccc2ccccc2c1)[C@H](O)C(=O)O. The minimum Gasteiger partial charge on any atom is -0.479 e. The molecule has 3 atom stereocenters. The lowest BCUT2D eigenvalue weighted by atomic mass is 9.87. The van der Waals surface area contributed by atoms with E-state index in [1.807, 2.05) is 56.3 Å². The quantitative estimate of drug-likeness (QED) is 0.403. The first-order chi connectivity index (χ1) is 14.9. The van der Waals surface area contributed by atoms with Crippen molar-refractivity contribution in [2.24, 2.45) is 16.3 Å². The number of carbonyl (C=O) groups is 2. The van der Waals surface area contributed by atoms with Crippen LogP contribution in [0.3, 0.4) is 0 Å². The van der Waals surface area contributed by atoms with Gasteiger partial charge in [0.25, 0.3) is 0 Å². The zero-order valence-electron chi connectivity index (χ0n) is 19.2. The molecule has 0 saturated carbocycles. The summed E-state index contributed by atoms with van der Waals surface area (Å²) in [7, 11) is 0. The zero-order valence-corrected chi connectivity index (χ0v) is 19.2. The molecule has 3 rings (SSSR count). The highest BCUT2D eigenvalue weighted by Gasteiger charge is 2.45. The number of aliphatic hydroxyl groups excluding tert-OH is 1. The molecule has 0 spiro atoms. The van der Waals surface area contributed by atoms with Gasteiger partial charge < -0.3 is 19.7 Å². The molecule has 0 aromatic heterocycles. The molecule has 1 aliphatic rings. The summed E-state index contributed by atoms with van der Waals surface area (Å²) in [6, 6.07) is 12.8. The molecule has 1 fully saturated rings. The molecule has 1 heterocycles. The van der Waals surface area contributed by atoms with Gasteiger partial charge in [-0.05, 0) is 43.5 Å². The normalized spacial score (nSPS) is 20.6. The Morgan fingerprint density at radius 2 is 1.88 bits per heavy atom. The van der Waals surface area contributed by atoms with E-state index < -0.39 is 41.0 Å². The van der Waals surface area contributed by atoms with E-state index in [-0.39, 0.29) is 18.9 Å². The van der Waals surface area contributed by atoms with Crippen LogP contribution in [0.2, 0.25) is 0 Å². The van der Waals surface area contributed by atoms with Crippen molar-refractivity contribution in [2.75, 3.05) is 6.61 Å². The van der Waals surface area contributed by atoms with E-state index in [4.69, 9.17) is 9.47 Å². The number of benzene rings is 2. The third-order valence-corrected chi connectivity index (χ3v) is 5.44. The van der Waals surface area contributed by atoms with Gasteiger partial charge in [0.1, 0.15) is 5.60 Å². The molecule has 2 N–H and O–H groups in total. The van der Waals surface area contributed by atoms with Gasteiger partial charge in [0.2, 0.25) is 0 Å². The first kappa shape index (κ1) is 23.7. The van der Waals surface area contributed by atoms with Gasteiger partial charge in [-0.3, -0.25) is 0 Å². The number of nitrogens with zero attached hydrogens (tertiary/aromatic N) is 1. The van der Waals surface area contributed by atoms with Crippen molar-refractivity contribution in [1.29, 1.82) is 0 Å². The Hall–Kier alpha value is -2.93. The monoisotopic (exact) mass is 441 g/mol. The van der Waals surface area contributed by atoms with Gasteiger partial charge >= 0.3 is 11.9 Å². The van der Waals surface area contributed by atoms with Crippen LogP contribution in [0.4, 0.5) is 0 Å². The van der Waals surface area contributed by atoms with Crippen molar-refractivity contribution in [1.82, 2.24) is 0 Å². The van der Waals surface area contributed by atoms with Crippen molar-refractivity contribution in [2.45, 2.75) is 58.8 Å². The van der Waals surface area contributed by atoms with E-state index in [1.54, 1.807) is 20.8 Å². The average Bonchev–Trinajstić information content (AvgIpc) is 2.96. The van der Waals surface area contributed by atoms with Crippen LogP contribution in [0, 0.1) is 11.3 Å². The van der Waals surface area contributed by atoms with Crippen molar-refractivity contribution < 1.29 is 29.3 Å². The van der Waals surface area contributed by atoms with Crippen LogP contribution in [0.1, 0.15) is 40.2 Å². The number of ether oxygens (including phenoxy) is 2. The Bertz CT molecular complexity index is 1040. The number of rotatable bonds is 6. The highest BCUT2D eigenvalue weighted by Crippen LogP contribution is 2.33. The molecule has 0 unspecified atom stereocenters. The zero-order chi connectivity index (χ0) is 23.7. The van der Waals surface area contributed by atoms with Crippen LogP contribution in [0.5, 0.6) is 0 Å². The fraction of sp³-hybridized carbons (Fsp3) is 0.480. The third kappa shape index (κ3) is 5.46. The number of hydrogen-bond donors (Lipinski definition) is 2. The van der Waals surface area contributed by atoms with Gasteiger partial charge in [-0.25, -0.2) is 14.6 Å². The molecule has 0 aliphatic carbocycles. The van der Waals surface area contributed by atoms with E-state index in [0.29, 0.717) is 0 Å². The Morgan fingerprint density at radius 3 is 2.44 bits per heavy atom. The molecule has 1 saturated heterocycles. The van der Waals surface area contributed by atoms with Gasteiger partial charge in [0, 0.05) is 5.41 Å². The van der Waals surface area contributed by atoms with Gasteiger partial charge in [-0.1, -0.05) is 56.3 Å². The van der Waals surface area contributed by atoms with Crippen LogP contribution in [-0.2, 0) is 25.5 Å². The number of carboxylic acids is 1. The van der Waals surface area contributed by atoms with Gasteiger partial charge in [-0.2, -0.15) is 0 Å². The first-order valence-corrected chi connectivity index (χ1v) is 10.7. The van der Waals surface area contributed by atoms with Crippen molar-refractivity contribution >= 4 is 28.6 Å². The number of aliphatic imine (C=N–C) groups is 1. The lowest BCUT2D eigenvalue weighted by Gasteiger charge is -2.30. The summed E-state index contributed by atoms with van der Waals surface area (Å²) < 4.78 is 11.2. The molecule has 7 heteroatoms. The molecule has 32 heavy (non-hydrogen) atoms. The minimum atomic E-state index is -1.76. The lowest BCUT2D eigenvalue weighted by Crippen LogP contribution is -2.42. The Morgan fingerprint density at radius 1 is 1.22 bits per heavy atom. The smallest absolute Gasteiger partial charge is 0.333 e. The number of hydrogen-bond acceptors (Lipinski definition) is 6. The maximum absolute atomic E-state index is 12.4. The summed E-state index contributed by atoms with van der Waals surface area (Å²) in [4.78, 5) is 28.7.